The summed E-state index contributed by atoms with van der Waals surface area (Å²) in [6.07, 6.45) is 2.81. The summed E-state index contributed by atoms with van der Waals surface area (Å²) < 4.78 is 27.4. The lowest BCUT2D eigenvalue weighted by Gasteiger charge is -2.26. The molecule has 1 aromatic carbocycles. The molecule has 0 spiro atoms. The van der Waals surface area contributed by atoms with Gasteiger partial charge in [-0.3, -0.25) is 4.79 Å². The maximum Gasteiger partial charge on any atom is 0.266 e. The number of sulfonamides is 1. The molecule has 2 aromatic rings. The Labute approximate surface area is 146 Å². The minimum atomic E-state index is -3.60. The molecular formula is C17H20N2O3S2. The van der Waals surface area contributed by atoms with Crippen LogP contribution in [0.15, 0.2) is 40.6 Å². The minimum absolute atomic E-state index is 0.162. The smallest absolute Gasteiger partial charge is 0.266 e. The summed E-state index contributed by atoms with van der Waals surface area (Å²) in [7, 11) is -3.60. The number of carbonyl (C=O) groups excluding carboxylic acids is 1. The Balaban J connectivity index is 1.90. The molecule has 0 aliphatic carbocycles. The SMILES string of the molecule is Cc1ccsc1C(=O)Nc1ccccc1S(=O)(=O)N1CCCCC1. The number of rotatable bonds is 4. The van der Waals surface area contributed by atoms with Gasteiger partial charge >= 0.3 is 0 Å². The van der Waals surface area contributed by atoms with Crippen molar-refractivity contribution in [3.63, 3.8) is 0 Å². The van der Waals surface area contributed by atoms with Crippen LogP contribution in [0.25, 0.3) is 0 Å². The maximum atomic E-state index is 12.9. The number of benzene rings is 1. The van der Waals surface area contributed by atoms with Gasteiger partial charge in [-0.25, -0.2) is 8.42 Å². The zero-order chi connectivity index (χ0) is 17.2. The molecule has 24 heavy (non-hydrogen) atoms. The Hall–Kier alpha value is -1.70. The van der Waals surface area contributed by atoms with Crippen LogP contribution >= 0.6 is 11.3 Å². The van der Waals surface area contributed by atoms with Crippen LogP contribution in [0, 0.1) is 6.92 Å². The van der Waals surface area contributed by atoms with Gasteiger partial charge in [0, 0.05) is 13.1 Å². The summed E-state index contributed by atoms with van der Waals surface area (Å²) in [5.74, 6) is -0.274. The molecule has 0 atom stereocenters. The largest absolute Gasteiger partial charge is 0.320 e. The van der Waals surface area contributed by atoms with Gasteiger partial charge in [0.05, 0.1) is 10.6 Å². The van der Waals surface area contributed by atoms with E-state index in [9.17, 15) is 13.2 Å². The van der Waals surface area contributed by atoms with E-state index in [1.165, 1.54) is 15.6 Å². The molecule has 128 valence electrons. The lowest BCUT2D eigenvalue weighted by atomic mass is 10.2. The molecule has 0 radical (unpaired) electrons. The lowest BCUT2D eigenvalue weighted by Crippen LogP contribution is -2.36. The molecule has 3 rings (SSSR count). The number of hydrogen-bond acceptors (Lipinski definition) is 4. The van der Waals surface area contributed by atoms with E-state index in [2.05, 4.69) is 5.32 Å². The van der Waals surface area contributed by atoms with Crippen molar-refractivity contribution in [2.75, 3.05) is 18.4 Å². The topological polar surface area (TPSA) is 66.5 Å². The number of nitrogens with one attached hydrogen (secondary N) is 1. The minimum Gasteiger partial charge on any atom is -0.320 e. The van der Waals surface area contributed by atoms with E-state index in [1.54, 1.807) is 24.3 Å². The molecule has 5 nitrogen and oxygen atoms in total. The first kappa shape index (κ1) is 17.1. The summed E-state index contributed by atoms with van der Waals surface area (Å²) in [4.78, 5) is 13.2. The Bertz CT molecular complexity index is 837. The highest BCUT2D eigenvalue weighted by Crippen LogP contribution is 2.28. The van der Waals surface area contributed by atoms with Crippen LogP contribution in [-0.4, -0.2) is 31.7 Å². The fourth-order valence-electron chi connectivity index (χ4n) is 2.82. The predicted molar refractivity (Wildman–Crippen MR) is 96.1 cm³/mol. The number of carbonyl (C=O) groups is 1. The van der Waals surface area contributed by atoms with Crippen LogP contribution in [0.5, 0.6) is 0 Å². The van der Waals surface area contributed by atoms with Crippen LogP contribution in [0.2, 0.25) is 0 Å². The number of amides is 1. The monoisotopic (exact) mass is 364 g/mol. The molecule has 1 fully saturated rings. The predicted octanol–water partition coefficient (Wildman–Crippen LogP) is 3.48. The quantitative estimate of drug-likeness (QED) is 0.903. The third-order valence-corrected chi connectivity index (χ3v) is 7.11. The number of nitrogens with zero attached hydrogens (tertiary/aromatic N) is 1. The van der Waals surface area contributed by atoms with E-state index in [4.69, 9.17) is 0 Å². The van der Waals surface area contributed by atoms with E-state index < -0.39 is 10.0 Å². The molecule has 1 saturated heterocycles. The van der Waals surface area contributed by atoms with Crippen LogP contribution in [-0.2, 0) is 10.0 Å². The molecule has 1 aliphatic rings. The second-order valence-corrected chi connectivity index (χ2v) is 8.67. The second-order valence-electron chi connectivity index (χ2n) is 5.85. The van der Waals surface area contributed by atoms with Crippen LogP contribution in [0.1, 0.15) is 34.5 Å². The second kappa shape index (κ2) is 7.04. The van der Waals surface area contributed by atoms with Gasteiger partial charge in [0.25, 0.3) is 5.91 Å². The van der Waals surface area contributed by atoms with E-state index in [0.717, 1.165) is 24.8 Å². The zero-order valence-electron chi connectivity index (χ0n) is 13.5. The maximum absolute atomic E-state index is 12.9. The van der Waals surface area contributed by atoms with Crippen molar-refractivity contribution in [1.29, 1.82) is 0 Å². The summed E-state index contributed by atoms with van der Waals surface area (Å²) in [6.45, 7) is 2.94. The van der Waals surface area contributed by atoms with Gasteiger partial charge in [-0.05, 0) is 48.9 Å². The Morgan fingerprint density at radius 2 is 1.83 bits per heavy atom. The van der Waals surface area contributed by atoms with Crippen LogP contribution in [0.4, 0.5) is 5.69 Å². The van der Waals surface area contributed by atoms with Crippen molar-refractivity contribution in [2.24, 2.45) is 0 Å². The molecule has 0 bridgehead atoms. The Morgan fingerprint density at radius 1 is 1.12 bits per heavy atom. The summed E-state index contributed by atoms with van der Waals surface area (Å²) in [5.41, 5.74) is 1.22. The number of hydrogen-bond donors (Lipinski definition) is 1. The van der Waals surface area contributed by atoms with E-state index in [-0.39, 0.29) is 10.8 Å². The number of piperidine rings is 1. The first-order valence-corrected chi connectivity index (χ1v) is 10.3. The van der Waals surface area contributed by atoms with Crippen molar-refractivity contribution in [2.45, 2.75) is 31.1 Å². The molecule has 1 aromatic heterocycles. The van der Waals surface area contributed by atoms with Crippen molar-refractivity contribution in [3.8, 4) is 0 Å². The summed E-state index contributed by atoms with van der Waals surface area (Å²) in [5, 5.41) is 4.61. The molecule has 1 aliphatic heterocycles. The highest BCUT2D eigenvalue weighted by atomic mass is 32.2. The Kier molecular flexibility index (Phi) is 5.03. The first-order chi connectivity index (χ1) is 11.5. The Morgan fingerprint density at radius 3 is 2.50 bits per heavy atom. The van der Waals surface area contributed by atoms with Gasteiger partial charge in [0.1, 0.15) is 4.90 Å². The molecule has 0 unspecified atom stereocenters. The molecule has 1 N–H and O–H groups in total. The molecule has 7 heteroatoms. The van der Waals surface area contributed by atoms with Gasteiger partial charge in [-0.1, -0.05) is 18.6 Å². The summed E-state index contributed by atoms with van der Waals surface area (Å²) >= 11 is 1.35. The highest BCUT2D eigenvalue weighted by Gasteiger charge is 2.28. The average Bonchev–Trinajstić information content (AvgIpc) is 3.02. The lowest BCUT2D eigenvalue weighted by molar-refractivity contribution is 0.103. The third-order valence-electron chi connectivity index (χ3n) is 4.14. The zero-order valence-corrected chi connectivity index (χ0v) is 15.1. The van der Waals surface area contributed by atoms with Crippen LogP contribution < -0.4 is 5.32 Å². The number of anilines is 1. The fourth-order valence-corrected chi connectivity index (χ4v) is 5.31. The number of para-hydroxylation sites is 1. The first-order valence-electron chi connectivity index (χ1n) is 7.95. The average molecular weight is 364 g/mol. The van der Waals surface area contributed by atoms with Crippen molar-refractivity contribution in [1.82, 2.24) is 4.31 Å². The molecule has 1 amide bonds. The van der Waals surface area contributed by atoms with Gasteiger partial charge in [0.2, 0.25) is 10.0 Å². The third kappa shape index (κ3) is 3.38. The molecule has 2 heterocycles. The van der Waals surface area contributed by atoms with E-state index in [1.807, 2.05) is 18.4 Å². The van der Waals surface area contributed by atoms with Crippen molar-refractivity contribution < 1.29 is 13.2 Å². The van der Waals surface area contributed by atoms with Crippen LogP contribution in [0.3, 0.4) is 0 Å². The summed E-state index contributed by atoms with van der Waals surface area (Å²) in [6, 6.07) is 8.48. The number of aryl methyl sites for hydroxylation is 1. The van der Waals surface area contributed by atoms with Gasteiger partial charge in [-0.2, -0.15) is 4.31 Å². The van der Waals surface area contributed by atoms with Gasteiger partial charge in [-0.15, -0.1) is 11.3 Å². The van der Waals surface area contributed by atoms with Gasteiger partial charge in [0.15, 0.2) is 0 Å². The molecular weight excluding hydrogens is 344 g/mol. The normalized spacial score (nSPS) is 16.0. The van der Waals surface area contributed by atoms with Gasteiger partial charge < -0.3 is 5.32 Å². The van der Waals surface area contributed by atoms with E-state index >= 15 is 0 Å². The van der Waals surface area contributed by atoms with E-state index in [0.29, 0.717) is 23.7 Å². The molecule has 0 saturated carbocycles. The fraction of sp³-hybridized carbons (Fsp3) is 0.353. The van der Waals surface area contributed by atoms with Crippen molar-refractivity contribution in [3.05, 3.63) is 46.2 Å². The van der Waals surface area contributed by atoms with Crippen molar-refractivity contribution >= 4 is 33.0 Å². The standard InChI is InChI=1S/C17H20N2O3S2/c1-13-9-12-23-16(13)17(20)18-14-7-3-4-8-15(14)24(21,22)19-10-5-2-6-11-19/h3-4,7-9,12H,2,5-6,10-11H2,1H3,(H,18,20). The highest BCUT2D eigenvalue weighted by molar-refractivity contribution is 7.89. The number of thiophene rings is 1.